The minimum Gasteiger partial charge on any atom is -0.347 e. The first kappa shape index (κ1) is 14.7. The number of nitrogens with zero attached hydrogens (tertiary/aromatic N) is 2. The molecule has 0 aromatic rings. The highest BCUT2D eigenvalue weighted by Crippen LogP contribution is 2.31. The van der Waals surface area contributed by atoms with E-state index in [4.69, 9.17) is 15.2 Å². The van der Waals surface area contributed by atoms with E-state index in [0.717, 1.165) is 38.9 Å². The lowest BCUT2D eigenvalue weighted by Crippen LogP contribution is -2.48. The molecule has 1 spiro atoms. The number of likely N-dealkylation sites (N-methyl/N-ethyl adjacent to an activating group) is 1. The Balaban J connectivity index is 1.71. The first-order chi connectivity index (χ1) is 9.15. The van der Waals surface area contributed by atoms with E-state index in [1.54, 1.807) is 4.90 Å². The lowest BCUT2D eigenvalue weighted by Gasteiger charge is -2.37. The molecule has 0 aromatic heterocycles. The van der Waals surface area contributed by atoms with Gasteiger partial charge in [-0.05, 0) is 13.0 Å². The van der Waals surface area contributed by atoms with Crippen LogP contribution in [0.4, 0.5) is 0 Å². The number of nitrogens with two attached hydrogens (primary N) is 1. The van der Waals surface area contributed by atoms with Gasteiger partial charge in [-0.3, -0.25) is 9.69 Å². The third-order valence-corrected chi connectivity index (χ3v) is 3.91. The number of likely N-dealkylation sites (tertiary alicyclic amines) is 1. The maximum absolute atomic E-state index is 12.0. The van der Waals surface area contributed by atoms with Gasteiger partial charge in [0.1, 0.15) is 0 Å². The molecule has 0 unspecified atom stereocenters. The fourth-order valence-electron chi connectivity index (χ4n) is 2.60. The molecule has 0 aromatic carbocycles. The molecule has 2 aliphatic rings. The summed E-state index contributed by atoms with van der Waals surface area (Å²) < 4.78 is 11.4. The summed E-state index contributed by atoms with van der Waals surface area (Å²) in [6.07, 6.45) is 2.56. The number of amides is 1. The van der Waals surface area contributed by atoms with E-state index in [1.165, 1.54) is 0 Å². The Labute approximate surface area is 114 Å². The molecule has 0 aliphatic carbocycles. The quantitative estimate of drug-likeness (QED) is 0.739. The molecule has 0 radical (unpaired) electrons. The van der Waals surface area contributed by atoms with Crippen LogP contribution in [0.15, 0.2) is 0 Å². The second kappa shape index (κ2) is 6.65. The molecule has 2 rings (SSSR count). The van der Waals surface area contributed by atoms with Crippen molar-refractivity contribution in [2.24, 2.45) is 5.73 Å². The second-order valence-corrected chi connectivity index (χ2v) is 5.34. The highest BCUT2D eigenvalue weighted by Gasteiger charge is 2.39. The Morgan fingerprint density at radius 3 is 2.53 bits per heavy atom. The summed E-state index contributed by atoms with van der Waals surface area (Å²) in [4.78, 5) is 16.0. The van der Waals surface area contributed by atoms with Crippen LogP contribution >= 0.6 is 0 Å². The van der Waals surface area contributed by atoms with Crippen molar-refractivity contribution in [3.05, 3.63) is 0 Å². The standard InChI is InChI=1S/C13H25N3O3/c1-15(6-2-5-14)12(17)11-16-7-3-13(4-8-16)18-9-10-19-13/h2-11,14H2,1H3. The zero-order valence-electron chi connectivity index (χ0n) is 11.8. The van der Waals surface area contributed by atoms with Gasteiger partial charge < -0.3 is 20.1 Å². The molecule has 19 heavy (non-hydrogen) atoms. The highest BCUT2D eigenvalue weighted by molar-refractivity contribution is 5.77. The fraction of sp³-hybridized carbons (Fsp3) is 0.923. The number of piperidine rings is 1. The van der Waals surface area contributed by atoms with Gasteiger partial charge in [-0.25, -0.2) is 0 Å². The second-order valence-electron chi connectivity index (χ2n) is 5.34. The van der Waals surface area contributed by atoms with Crippen LogP contribution in [0.3, 0.4) is 0 Å². The first-order valence-corrected chi connectivity index (χ1v) is 7.09. The van der Waals surface area contributed by atoms with Crippen LogP contribution in [0.25, 0.3) is 0 Å². The average molecular weight is 271 g/mol. The van der Waals surface area contributed by atoms with Gasteiger partial charge in [-0.2, -0.15) is 0 Å². The molecular weight excluding hydrogens is 246 g/mol. The Hall–Kier alpha value is -0.690. The smallest absolute Gasteiger partial charge is 0.236 e. The molecule has 1 amide bonds. The van der Waals surface area contributed by atoms with E-state index in [0.29, 0.717) is 26.3 Å². The van der Waals surface area contributed by atoms with E-state index in [9.17, 15) is 4.79 Å². The Morgan fingerprint density at radius 2 is 1.95 bits per heavy atom. The summed E-state index contributed by atoms with van der Waals surface area (Å²) in [7, 11) is 1.84. The Kier molecular flexibility index (Phi) is 5.15. The predicted molar refractivity (Wildman–Crippen MR) is 71.6 cm³/mol. The summed E-state index contributed by atoms with van der Waals surface area (Å²) in [5, 5.41) is 0. The normalized spacial score (nSPS) is 22.8. The van der Waals surface area contributed by atoms with Gasteiger partial charge in [-0.1, -0.05) is 0 Å². The van der Waals surface area contributed by atoms with Crippen molar-refractivity contribution in [1.29, 1.82) is 0 Å². The van der Waals surface area contributed by atoms with Crippen molar-refractivity contribution in [3.63, 3.8) is 0 Å². The predicted octanol–water partition coefficient (Wildman–Crippen LogP) is -0.367. The summed E-state index contributed by atoms with van der Waals surface area (Å²) in [5.74, 6) is -0.192. The highest BCUT2D eigenvalue weighted by atomic mass is 16.7. The first-order valence-electron chi connectivity index (χ1n) is 7.09. The maximum atomic E-state index is 12.0. The third-order valence-electron chi connectivity index (χ3n) is 3.91. The van der Waals surface area contributed by atoms with Gasteiger partial charge in [0.25, 0.3) is 0 Å². The molecule has 2 N–H and O–H groups in total. The zero-order chi connectivity index (χ0) is 13.7. The number of hydrogen-bond acceptors (Lipinski definition) is 5. The number of hydrogen-bond donors (Lipinski definition) is 1. The van der Waals surface area contributed by atoms with E-state index in [1.807, 2.05) is 7.05 Å². The van der Waals surface area contributed by atoms with Gasteiger partial charge in [0, 0.05) is 39.5 Å². The van der Waals surface area contributed by atoms with Gasteiger partial charge in [0.2, 0.25) is 5.91 Å². The molecule has 2 saturated heterocycles. The number of ether oxygens (including phenoxy) is 2. The van der Waals surface area contributed by atoms with Crippen molar-refractivity contribution in [3.8, 4) is 0 Å². The van der Waals surface area contributed by atoms with Crippen molar-refractivity contribution in [1.82, 2.24) is 9.80 Å². The lowest BCUT2D eigenvalue weighted by molar-refractivity contribution is -0.186. The summed E-state index contributed by atoms with van der Waals surface area (Å²) >= 11 is 0. The van der Waals surface area contributed by atoms with Crippen molar-refractivity contribution in [2.75, 3.05) is 53.0 Å². The zero-order valence-corrected chi connectivity index (χ0v) is 11.8. The number of rotatable bonds is 5. The molecule has 2 heterocycles. The molecule has 2 fully saturated rings. The number of carbonyl (C=O) groups excluding carboxylic acids is 1. The van der Waals surface area contributed by atoms with Crippen LogP contribution in [0.2, 0.25) is 0 Å². The van der Waals surface area contributed by atoms with E-state index in [2.05, 4.69) is 4.90 Å². The van der Waals surface area contributed by atoms with Crippen LogP contribution in [0.5, 0.6) is 0 Å². The molecule has 6 heteroatoms. The molecular formula is C13H25N3O3. The van der Waals surface area contributed by atoms with Crippen molar-refractivity contribution in [2.45, 2.75) is 25.0 Å². The topological polar surface area (TPSA) is 68.0 Å². The number of carbonyl (C=O) groups is 1. The molecule has 0 saturated carbocycles. The molecule has 6 nitrogen and oxygen atoms in total. The van der Waals surface area contributed by atoms with Crippen LogP contribution in [0, 0.1) is 0 Å². The van der Waals surface area contributed by atoms with Crippen LogP contribution < -0.4 is 5.73 Å². The van der Waals surface area contributed by atoms with Gasteiger partial charge in [0.15, 0.2) is 5.79 Å². The summed E-state index contributed by atoms with van der Waals surface area (Å²) in [6.45, 7) is 4.95. The summed E-state index contributed by atoms with van der Waals surface area (Å²) in [5.41, 5.74) is 5.45. The van der Waals surface area contributed by atoms with Crippen molar-refractivity contribution >= 4 is 5.91 Å². The molecule has 0 bridgehead atoms. The van der Waals surface area contributed by atoms with Crippen molar-refractivity contribution < 1.29 is 14.3 Å². The minimum atomic E-state index is -0.356. The SMILES string of the molecule is CN(CCCN)C(=O)CN1CCC2(CC1)OCCO2. The van der Waals surface area contributed by atoms with Gasteiger partial charge >= 0.3 is 0 Å². The lowest BCUT2D eigenvalue weighted by atomic mass is 10.0. The van der Waals surface area contributed by atoms with Crippen LogP contribution in [0.1, 0.15) is 19.3 Å². The monoisotopic (exact) mass is 271 g/mol. The fourth-order valence-corrected chi connectivity index (χ4v) is 2.60. The average Bonchev–Trinajstić information content (AvgIpc) is 2.87. The largest absolute Gasteiger partial charge is 0.347 e. The molecule has 110 valence electrons. The van der Waals surface area contributed by atoms with Gasteiger partial charge in [0.05, 0.1) is 19.8 Å². The van der Waals surface area contributed by atoms with Gasteiger partial charge in [-0.15, -0.1) is 0 Å². The van der Waals surface area contributed by atoms with Crippen LogP contribution in [-0.4, -0.2) is 74.5 Å². The van der Waals surface area contributed by atoms with E-state index in [-0.39, 0.29) is 11.7 Å². The van der Waals surface area contributed by atoms with E-state index < -0.39 is 0 Å². The molecule has 2 aliphatic heterocycles. The maximum Gasteiger partial charge on any atom is 0.236 e. The summed E-state index contributed by atoms with van der Waals surface area (Å²) in [6, 6.07) is 0. The Bertz CT molecular complexity index is 296. The third kappa shape index (κ3) is 3.89. The van der Waals surface area contributed by atoms with Crippen LogP contribution in [-0.2, 0) is 14.3 Å². The Morgan fingerprint density at radius 1 is 1.32 bits per heavy atom. The minimum absolute atomic E-state index is 0.164. The van der Waals surface area contributed by atoms with E-state index >= 15 is 0 Å². The molecule has 0 atom stereocenters.